The largest absolute Gasteiger partial charge is 0.357 e. The van der Waals surface area contributed by atoms with E-state index in [1.165, 1.54) is 5.56 Å². The fourth-order valence-electron chi connectivity index (χ4n) is 3.92. The molecule has 1 atom stereocenters. The van der Waals surface area contributed by atoms with E-state index in [9.17, 15) is 8.42 Å². The molecule has 2 heterocycles. The van der Waals surface area contributed by atoms with Gasteiger partial charge in [-0.15, -0.1) is 24.0 Å². The Labute approximate surface area is 198 Å². The van der Waals surface area contributed by atoms with Gasteiger partial charge < -0.3 is 15.5 Å². The first-order chi connectivity index (χ1) is 14.0. The zero-order chi connectivity index (χ0) is 20.5. The lowest BCUT2D eigenvalue weighted by molar-refractivity contribution is 0.127. The predicted molar refractivity (Wildman–Crippen MR) is 134 cm³/mol. The molecule has 7 nitrogen and oxygen atoms in total. The molecular weight excluding hydrogens is 513 g/mol. The number of aliphatic imine (C=N–C) groups is 1. The molecule has 2 saturated heterocycles. The second kappa shape index (κ2) is 12.8. The SMILES string of the molecule is CCNC(=NCCCN1CCN(Cc2ccccc2)CC1)NC1CCS(=O)(=O)C1.I. The summed E-state index contributed by atoms with van der Waals surface area (Å²) in [6, 6.07) is 10.7. The maximum atomic E-state index is 11.6. The highest BCUT2D eigenvalue weighted by molar-refractivity contribution is 14.0. The lowest BCUT2D eigenvalue weighted by Gasteiger charge is -2.34. The fourth-order valence-corrected chi connectivity index (χ4v) is 5.59. The highest BCUT2D eigenvalue weighted by Gasteiger charge is 2.28. The quantitative estimate of drug-likeness (QED) is 0.222. The minimum absolute atomic E-state index is 0. The standard InChI is InChI=1S/C21H35N5O2S.HI/c1-2-22-21(24-20-9-16-29(27,28)18-20)23-10-6-11-25-12-14-26(15-13-25)17-19-7-4-3-5-8-19;/h3-5,7-8,20H,2,6,9-18H2,1H3,(H2,22,23,24);1H. The van der Waals surface area contributed by atoms with Crippen LogP contribution in [0.15, 0.2) is 35.3 Å². The lowest BCUT2D eigenvalue weighted by atomic mass is 10.2. The second-order valence-electron chi connectivity index (χ2n) is 7.96. The van der Waals surface area contributed by atoms with Crippen LogP contribution in [0.3, 0.4) is 0 Å². The molecule has 2 aliphatic heterocycles. The Hall–Kier alpha value is -0.910. The van der Waals surface area contributed by atoms with Crippen LogP contribution in [0, 0.1) is 0 Å². The van der Waals surface area contributed by atoms with Crippen LogP contribution in [0.5, 0.6) is 0 Å². The Bertz CT molecular complexity index is 752. The number of hydrogen-bond acceptors (Lipinski definition) is 5. The summed E-state index contributed by atoms with van der Waals surface area (Å²) in [5, 5.41) is 6.51. The molecule has 0 radical (unpaired) electrons. The van der Waals surface area contributed by atoms with Crippen molar-refractivity contribution in [1.82, 2.24) is 20.4 Å². The first-order valence-corrected chi connectivity index (χ1v) is 12.6. The normalized spacial score (nSPS) is 22.4. The van der Waals surface area contributed by atoms with Gasteiger partial charge in [-0.3, -0.25) is 9.89 Å². The molecule has 0 amide bonds. The fraction of sp³-hybridized carbons (Fsp3) is 0.667. The summed E-state index contributed by atoms with van der Waals surface area (Å²) in [6.45, 7) is 10.1. The van der Waals surface area contributed by atoms with Crippen LogP contribution >= 0.6 is 24.0 Å². The predicted octanol–water partition coefficient (Wildman–Crippen LogP) is 1.55. The topological polar surface area (TPSA) is 77.0 Å². The van der Waals surface area contributed by atoms with E-state index in [0.717, 1.165) is 64.7 Å². The number of hydrogen-bond donors (Lipinski definition) is 2. The molecule has 0 aromatic heterocycles. The van der Waals surface area contributed by atoms with E-state index < -0.39 is 9.84 Å². The Kier molecular flexibility index (Phi) is 10.8. The Morgan fingerprint density at radius 2 is 1.83 bits per heavy atom. The number of rotatable bonds is 8. The van der Waals surface area contributed by atoms with Crippen LogP contribution in [-0.2, 0) is 16.4 Å². The van der Waals surface area contributed by atoms with Crippen LogP contribution < -0.4 is 10.6 Å². The summed E-state index contributed by atoms with van der Waals surface area (Å²) in [5.74, 6) is 1.23. The molecule has 30 heavy (non-hydrogen) atoms. The van der Waals surface area contributed by atoms with E-state index in [-0.39, 0.29) is 41.5 Å². The summed E-state index contributed by atoms with van der Waals surface area (Å²) >= 11 is 0. The molecule has 0 aliphatic carbocycles. The summed E-state index contributed by atoms with van der Waals surface area (Å²) in [7, 11) is -2.88. The van der Waals surface area contributed by atoms with Gasteiger partial charge in [0.25, 0.3) is 0 Å². The molecule has 2 N–H and O–H groups in total. The Morgan fingerprint density at radius 3 is 2.47 bits per heavy atom. The number of piperazine rings is 1. The van der Waals surface area contributed by atoms with E-state index in [1.54, 1.807) is 0 Å². The van der Waals surface area contributed by atoms with Crippen molar-refractivity contribution in [3.8, 4) is 0 Å². The van der Waals surface area contributed by atoms with Gasteiger partial charge in [0.05, 0.1) is 11.5 Å². The van der Waals surface area contributed by atoms with Gasteiger partial charge in [-0.2, -0.15) is 0 Å². The van der Waals surface area contributed by atoms with Gasteiger partial charge in [0.15, 0.2) is 15.8 Å². The summed E-state index contributed by atoms with van der Waals surface area (Å²) in [6.07, 6.45) is 1.68. The third kappa shape index (κ3) is 8.68. The monoisotopic (exact) mass is 549 g/mol. The molecule has 0 spiro atoms. The van der Waals surface area contributed by atoms with Crippen molar-refractivity contribution < 1.29 is 8.42 Å². The number of nitrogens with zero attached hydrogens (tertiary/aromatic N) is 3. The van der Waals surface area contributed by atoms with E-state index in [4.69, 9.17) is 0 Å². The zero-order valence-corrected chi connectivity index (χ0v) is 21.1. The van der Waals surface area contributed by atoms with Gasteiger partial charge >= 0.3 is 0 Å². The third-order valence-corrected chi connectivity index (χ3v) is 7.30. The molecule has 170 valence electrons. The van der Waals surface area contributed by atoms with Crippen molar-refractivity contribution in [3.05, 3.63) is 35.9 Å². The molecule has 0 saturated carbocycles. The number of nitrogens with one attached hydrogen (secondary N) is 2. The van der Waals surface area contributed by atoms with Gasteiger partial charge in [0.1, 0.15) is 0 Å². The van der Waals surface area contributed by atoms with Crippen molar-refractivity contribution in [3.63, 3.8) is 0 Å². The van der Waals surface area contributed by atoms with Gasteiger partial charge in [0, 0.05) is 58.4 Å². The Balaban J connectivity index is 0.00000320. The maximum Gasteiger partial charge on any atom is 0.191 e. The van der Waals surface area contributed by atoms with Crippen molar-refractivity contribution in [2.75, 3.05) is 57.3 Å². The second-order valence-corrected chi connectivity index (χ2v) is 10.2. The minimum atomic E-state index is -2.88. The van der Waals surface area contributed by atoms with Gasteiger partial charge in [-0.1, -0.05) is 30.3 Å². The molecule has 1 aromatic carbocycles. The van der Waals surface area contributed by atoms with Crippen molar-refractivity contribution in [2.24, 2.45) is 4.99 Å². The molecular formula is C21H36IN5O2S. The minimum Gasteiger partial charge on any atom is -0.357 e. The first kappa shape index (κ1) is 25.4. The highest BCUT2D eigenvalue weighted by Crippen LogP contribution is 2.11. The molecule has 9 heteroatoms. The van der Waals surface area contributed by atoms with Crippen molar-refractivity contribution >= 4 is 39.8 Å². The summed E-state index contributed by atoms with van der Waals surface area (Å²) < 4.78 is 23.3. The van der Waals surface area contributed by atoms with Gasteiger partial charge in [-0.05, 0) is 25.3 Å². The van der Waals surface area contributed by atoms with E-state index in [1.807, 2.05) is 6.92 Å². The maximum absolute atomic E-state index is 11.6. The Morgan fingerprint density at radius 1 is 1.13 bits per heavy atom. The van der Waals surface area contributed by atoms with Crippen LogP contribution in [-0.4, -0.2) is 87.5 Å². The van der Waals surface area contributed by atoms with Crippen LogP contribution in [0.1, 0.15) is 25.3 Å². The number of halogens is 1. The molecule has 1 aromatic rings. The lowest BCUT2D eigenvalue weighted by Crippen LogP contribution is -2.46. The first-order valence-electron chi connectivity index (χ1n) is 10.8. The van der Waals surface area contributed by atoms with Gasteiger partial charge in [0.2, 0.25) is 0 Å². The highest BCUT2D eigenvalue weighted by atomic mass is 127. The van der Waals surface area contributed by atoms with Gasteiger partial charge in [-0.25, -0.2) is 8.42 Å². The molecule has 1 unspecified atom stereocenters. The molecule has 2 fully saturated rings. The average molecular weight is 550 g/mol. The summed E-state index contributed by atoms with van der Waals surface area (Å²) in [4.78, 5) is 9.68. The third-order valence-electron chi connectivity index (χ3n) is 5.53. The number of guanidine groups is 1. The van der Waals surface area contributed by atoms with Crippen molar-refractivity contribution in [1.29, 1.82) is 0 Å². The molecule has 2 aliphatic rings. The zero-order valence-electron chi connectivity index (χ0n) is 17.9. The van der Waals surface area contributed by atoms with Crippen LogP contribution in [0.2, 0.25) is 0 Å². The summed E-state index contributed by atoms with van der Waals surface area (Å²) in [5.41, 5.74) is 1.38. The molecule has 3 rings (SSSR count). The number of sulfone groups is 1. The van der Waals surface area contributed by atoms with Crippen molar-refractivity contribution in [2.45, 2.75) is 32.4 Å². The van der Waals surface area contributed by atoms with Crippen LogP contribution in [0.4, 0.5) is 0 Å². The smallest absolute Gasteiger partial charge is 0.191 e. The van der Waals surface area contributed by atoms with E-state index in [2.05, 4.69) is 55.8 Å². The van der Waals surface area contributed by atoms with E-state index >= 15 is 0 Å². The number of benzene rings is 1. The average Bonchev–Trinajstić information content (AvgIpc) is 3.05. The molecule has 0 bridgehead atoms. The van der Waals surface area contributed by atoms with Crippen LogP contribution in [0.25, 0.3) is 0 Å². The van der Waals surface area contributed by atoms with E-state index in [0.29, 0.717) is 6.42 Å².